The van der Waals surface area contributed by atoms with Crippen molar-refractivity contribution in [1.82, 2.24) is 20.0 Å². The van der Waals surface area contributed by atoms with Crippen LogP contribution in [0.4, 0.5) is 0 Å². The summed E-state index contributed by atoms with van der Waals surface area (Å²) in [5.74, 6) is -0.0838. The van der Waals surface area contributed by atoms with Gasteiger partial charge in [-0.05, 0) is 24.3 Å². The fraction of sp³-hybridized carbons (Fsp3) is 0.550. The van der Waals surface area contributed by atoms with Crippen molar-refractivity contribution in [3.05, 3.63) is 34.9 Å². The summed E-state index contributed by atoms with van der Waals surface area (Å²) in [5, 5.41) is 3.33. The molecule has 0 spiro atoms. The van der Waals surface area contributed by atoms with Gasteiger partial charge in [0.25, 0.3) is 5.91 Å². The molecule has 2 aliphatic heterocycles. The molecule has 0 unspecified atom stereocenters. The predicted molar refractivity (Wildman–Crippen MR) is 109 cm³/mol. The maximum atomic E-state index is 12.4. The van der Waals surface area contributed by atoms with E-state index in [1.54, 1.807) is 29.2 Å². The molecule has 2 fully saturated rings. The van der Waals surface area contributed by atoms with E-state index in [1.165, 1.54) is 0 Å². The van der Waals surface area contributed by atoms with Gasteiger partial charge in [0, 0.05) is 62.8 Å². The molecule has 1 N–H and O–H groups in total. The van der Waals surface area contributed by atoms with Crippen molar-refractivity contribution in [3.63, 3.8) is 0 Å². The largest absolute Gasteiger partial charge is 0.378 e. The molecule has 8 nitrogen and oxygen atoms in total. The fourth-order valence-electron chi connectivity index (χ4n) is 3.40. The van der Waals surface area contributed by atoms with Crippen molar-refractivity contribution in [1.29, 1.82) is 0 Å². The summed E-state index contributed by atoms with van der Waals surface area (Å²) < 4.78 is 5.27. The molecule has 0 aromatic heterocycles. The Bertz CT molecular complexity index is 714. The quantitative estimate of drug-likeness (QED) is 0.720. The van der Waals surface area contributed by atoms with Crippen LogP contribution in [0.25, 0.3) is 0 Å². The highest BCUT2D eigenvalue weighted by Gasteiger charge is 2.24. The van der Waals surface area contributed by atoms with E-state index in [9.17, 15) is 14.4 Å². The molecule has 0 radical (unpaired) electrons. The lowest BCUT2D eigenvalue weighted by atomic mass is 10.2. The maximum absolute atomic E-state index is 12.4. The van der Waals surface area contributed by atoms with Gasteiger partial charge in [-0.1, -0.05) is 11.6 Å². The van der Waals surface area contributed by atoms with Gasteiger partial charge < -0.3 is 19.9 Å². The number of carbonyl (C=O) groups is 3. The minimum Gasteiger partial charge on any atom is -0.378 e. The minimum atomic E-state index is -0.221. The lowest BCUT2D eigenvalue weighted by Gasteiger charge is -2.36. The predicted octanol–water partition coefficient (Wildman–Crippen LogP) is 0.463. The zero-order valence-electron chi connectivity index (χ0n) is 16.4. The van der Waals surface area contributed by atoms with E-state index in [4.69, 9.17) is 16.3 Å². The van der Waals surface area contributed by atoms with Crippen molar-refractivity contribution in [2.75, 3.05) is 65.6 Å². The van der Waals surface area contributed by atoms with Crippen LogP contribution in [0.15, 0.2) is 24.3 Å². The lowest BCUT2D eigenvalue weighted by Crippen LogP contribution is -2.52. The van der Waals surface area contributed by atoms with Gasteiger partial charge in [0.1, 0.15) is 0 Å². The van der Waals surface area contributed by atoms with E-state index in [0.29, 0.717) is 69.6 Å². The molecule has 3 amide bonds. The first-order chi connectivity index (χ1) is 14.0. The smallest absolute Gasteiger partial charge is 0.251 e. The Labute approximate surface area is 175 Å². The highest BCUT2D eigenvalue weighted by Crippen LogP contribution is 2.09. The Kier molecular flexibility index (Phi) is 7.85. The standard InChI is InChI=1S/C20H27ClN4O4/c21-17-3-1-16(2-4-17)20(28)22-6-5-18(26)24-9-7-23(8-10-24)15-19(27)25-11-13-29-14-12-25/h1-4H,5-15H2,(H,22,28). The number of carbonyl (C=O) groups excluding carboxylic acids is 3. The number of piperazine rings is 1. The molecule has 2 saturated heterocycles. The molecule has 9 heteroatoms. The molecule has 3 rings (SSSR count). The number of hydrogen-bond acceptors (Lipinski definition) is 5. The Hall–Kier alpha value is -2.16. The number of rotatable bonds is 6. The van der Waals surface area contributed by atoms with E-state index in [-0.39, 0.29) is 30.7 Å². The van der Waals surface area contributed by atoms with Crippen LogP contribution >= 0.6 is 11.6 Å². The first-order valence-corrected chi connectivity index (χ1v) is 10.3. The highest BCUT2D eigenvalue weighted by atomic mass is 35.5. The Morgan fingerprint density at radius 1 is 0.897 bits per heavy atom. The van der Waals surface area contributed by atoms with Crippen molar-refractivity contribution in [2.24, 2.45) is 0 Å². The summed E-state index contributed by atoms with van der Waals surface area (Å²) in [6.07, 6.45) is 0.256. The zero-order valence-corrected chi connectivity index (χ0v) is 17.2. The lowest BCUT2D eigenvalue weighted by molar-refractivity contribution is -0.137. The van der Waals surface area contributed by atoms with Crippen LogP contribution in [0.1, 0.15) is 16.8 Å². The van der Waals surface area contributed by atoms with Crippen molar-refractivity contribution in [3.8, 4) is 0 Å². The van der Waals surface area contributed by atoms with Crippen LogP contribution in [-0.2, 0) is 14.3 Å². The van der Waals surface area contributed by atoms with E-state index in [1.807, 2.05) is 4.90 Å². The minimum absolute atomic E-state index is 0.0144. The average molecular weight is 423 g/mol. The summed E-state index contributed by atoms with van der Waals surface area (Å²) in [6, 6.07) is 6.61. The van der Waals surface area contributed by atoms with Gasteiger partial charge in [-0.3, -0.25) is 19.3 Å². The van der Waals surface area contributed by atoms with Crippen LogP contribution in [-0.4, -0.2) is 98.0 Å². The number of amides is 3. The van der Waals surface area contributed by atoms with Gasteiger partial charge in [-0.25, -0.2) is 0 Å². The van der Waals surface area contributed by atoms with Gasteiger partial charge in [0.2, 0.25) is 11.8 Å². The monoisotopic (exact) mass is 422 g/mol. The normalized spacial score (nSPS) is 17.8. The summed E-state index contributed by atoms with van der Waals surface area (Å²) in [5.41, 5.74) is 0.514. The third kappa shape index (κ3) is 6.42. The summed E-state index contributed by atoms with van der Waals surface area (Å²) in [7, 11) is 0. The topological polar surface area (TPSA) is 82.2 Å². The molecule has 1 aromatic carbocycles. The number of nitrogens with one attached hydrogen (secondary N) is 1. The van der Waals surface area contributed by atoms with Gasteiger partial charge in [-0.2, -0.15) is 0 Å². The van der Waals surface area contributed by atoms with Crippen molar-refractivity contribution < 1.29 is 19.1 Å². The fourth-order valence-corrected chi connectivity index (χ4v) is 3.53. The van der Waals surface area contributed by atoms with Crippen molar-refractivity contribution >= 4 is 29.3 Å². The Morgan fingerprint density at radius 2 is 1.52 bits per heavy atom. The second kappa shape index (κ2) is 10.6. The summed E-state index contributed by atoms with van der Waals surface area (Å²) >= 11 is 5.81. The van der Waals surface area contributed by atoms with Crippen LogP contribution in [0.2, 0.25) is 5.02 Å². The van der Waals surface area contributed by atoms with Gasteiger partial charge in [0.05, 0.1) is 19.8 Å². The molecule has 2 heterocycles. The molecule has 29 heavy (non-hydrogen) atoms. The Balaban J connectivity index is 1.33. The summed E-state index contributed by atoms with van der Waals surface area (Å²) in [6.45, 7) is 5.73. The molecular formula is C20H27ClN4O4. The first kappa shape index (κ1) is 21.5. The van der Waals surface area contributed by atoms with Crippen LogP contribution in [0.3, 0.4) is 0 Å². The molecule has 0 atom stereocenters. The Morgan fingerprint density at radius 3 is 2.17 bits per heavy atom. The number of halogens is 1. The highest BCUT2D eigenvalue weighted by molar-refractivity contribution is 6.30. The molecule has 1 aromatic rings. The molecule has 0 saturated carbocycles. The van der Waals surface area contributed by atoms with Gasteiger partial charge in [0.15, 0.2) is 0 Å². The van der Waals surface area contributed by atoms with Crippen LogP contribution < -0.4 is 5.32 Å². The third-order valence-corrected chi connectivity index (χ3v) is 5.43. The number of ether oxygens (including phenoxy) is 1. The van der Waals surface area contributed by atoms with Gasteiger partial charge in [-0.15, -0.1) is 0 Å². The van der Waals surface area contributed by atoms with Gasteiger partial charge >= 0.3 is 0 Å². The average Bonchev–Trinajstić information content (AvgIpc) is 2.75. The molecule has 2 aliphatic rings. The van der Waals surface area contributed by atoms with E-state index in [2.05, 4.69) is 10.2 Å². The molecule has 0 aliphatic carbocycles. The number of benzene rings is 1. The zero-order chi connectivity index (χ0) is 20.6. The maximum Gasteiger partial charge on any atom is 0.251 e. The first-order valence-electron chi connectivity index (χ1n) is 9.92. The molecule has 0 bridgehead atoms. The van der Waals surface area contributed by atoms with Crippen LogP contribution in [0.5, 0.6) is 0 Å². The number of hydrogen-bond donors (Lipinski definition) is 1. The third-order valence-electron chi connectivity index (χ3n) is 5.18. The summed E-state index contributed by atoms with van der Waals surface area (Å²) in [4.78, 5) is 42.5. The molecule has 158 valence electrons. The van der Waals surface area contributed by atoms with Crippen LogP contribution in [0, 0.1) is 0 Å². The second-order valence-electron chi connectivity index (χ2n) is 7.16. The molecular weight excluding hydrogens is 396 g/mol. The second-order valence-corrected chi connectivity index (χ2v) is 7.60. The number of nitrogens with zero attached hydrogens (tertiary/aromatic N) is 3. The van der Waals surface area contributed by atoms with Crippen molar-refractivity contribution in [2.45, 2.75) is 6.42 Å². The number of morpholine rings is 1. The SMILES string of the molecule is O=C(NCCC(=O)N1CCN(CC(=O)N2CCOCC2)CC1)c1ccc(Cl)cc1. The van der Waals surface area contributed by atoms with E-state index < -0.39 is 0 Å². The van der Waals surface area contributed by atoms with E-state index >= 15 is 0 Å². The van der Waals surface area contributed by atoms with E-state index in [0.717, 1.165) is 0 Å².